The van der Waals surface area contributed by atoms with Gasteiger partial charge in [0.2, 0.25) is 0 Å². The Morgan fingerprint density at radius 1 is 0.654 bits per heavy atom. The van der Waals surface area contributed by atoms with Crippen molar-refractivity contribution in [3.05, 3.63) is 59.9 Å². The highest BCUT2D eigenvalue weighted by atomic mass is 16.6. The van der Waals surface area contributed by atoms with E-state index in [1.165, 1.54) is 0 Å². The smallest absolute Gasteiger partial charge is 0.139 e. The minimum absolute atomic E-state index is 0.737. The quantitative estimate of drug-likeness (QED) is 0.432. The van der Waals surface area contributed by atoms with Gasteiger partial charge in [0, 0.05) is 11.1 Å². The molecular weight excluding hydrogens is 328 g/mol. The lowest BCUT2D eigenvalue weighted by Crippen LogP contribution is -1.89. The van der Waals surface area contributed by atoms with Gasteiger partial charge in [-0.2, -0.15) is 0 Å². The summed E-state index contributed by atoms with van der Waals surface area (Å²) in [7, 11) is 0. The fourth-order valence-electron chi connectivity index (χ4n) is 3.42. The lowest BCUT2D eigenvalue weighted by Gasteiger charge is -2.11. The Labute approximate surface area is 148 Å². The molecule has 5 rings (SSSR count). The lowest BCUT2D eigenvalue weighted by atomic mass is 9.92. The number of aryl methyl sites for hydroxylation is 2. The van der Waals surface area contributed by atoms with Crippen LogP contribution in [-0.4, -0.2) is 20.6 Å². The molecule has 0 amide bonds. The third kappa shape index (κ3) is 2.12. The van der Waals surface area contributed by atoms with Crippen LogP contribution in [0.4, 0.5) is 0 Å². The van der Waals surface area contributed by atoms with Crippen LogP contribution < -0.4 is 0 Å². The van der Waals surface area contributed by atoms with E-state index in [0.29, 0.717) is 0 Å². The summed E-state index contributed by atoms with van der Waals surface area (Å²) in [6.45, 7) is 3.78. The summed E-state index contributed by atoms with van der Waals surface area (Å²) >= 11 is 0. The van der Waals surface area contributed by atoms with Crippen LogP contribution in [-0.2, 0) is 0 Å². The van der Waals surface area contributed by atoms with Crippen molar-refractivity contribution in [3.8, 4) is 22.5 Å². The van der Waals surface area contributed by atoms with Crippen molar-refractivity contribution in [3.63, 3.8) is 0 Å². The Morgan fingerprint density at radius 3 is 2.08 bits per heavy atom. The van der Waals surface area contributed by atoms with Crippen molar-refractivity contribution in [1.29, 1.82) is 0 Å². The summed E-state index contributed by atoms with van der Waals surface area (Å²) in [5.74, 6) is 0. The molecule has 6 nitrogen and oxygen atoms in total. The average molecular weight is 342 g/mol. The molecule has 6 heteroatoms. The second kappa shape index (κ2) is 5.49. The second-order valence-corrected chi connectivity index (χ2v) is 6.31. The van der Waals surface area contributed by atoms with Gasteiger partial charge in [0.1, 0.15) is 22.8 Å². The number of hydrogen-bond donors (Lipinski definition) is 0. The lowest BCUT2D eigenvalue weighted by molar-refractivity contribution is 0.306. The molecule has 0 radical (unpaired) electrons. The normalized spacial score (nSPS) is 11.5. The first-order valence-electron chi connectivity index (χ1n) is 8.27. The van der Waals surface area contributed by atoms with Gasteiger partial charge in [-0.15, -0.1) is 0 Å². The van der Waals surface area contributed by atoms with Gasteiger partial charge in [0.15, 0.2) is 0 Å². The summed E-state index contributed by atoms with van der Waals surface area (Å²) in [5, 5.41) is 20.5. The largest absolute Gasteiger partial charge is 0.244 e. The maximum absolute atomic E-state index is 4.98. The molecule has 0 unspecified atom stereocenters. The predicted molar refractivity (Wildman–Crippen MR) is 97.5 cm³/mol. The minimum atomic E-state index is 0.737. The molecule has 0 aliphatic carbocycles. The maximum Gasteiger partial charge on any atom is 0.139 e. The van der Waals surface area contributed by atoms with Crippen molar-refractivity contribution in [2.75, 3.05) is 0 Å². The SMILES string of the molecule is Cc1nonc1-c1ccc2cc3ccccc3c(-c3nonc3C)c2c1. The first-order valence-corrected chi connectivity index (χ1v) is 8.27. The van der Waals surface area contributed by atoms with Crippen molar-refractivity contribution >= 4 is 21.5 Å². The molecule has 3 aromatic carbocycles. The summed E-state index contributed by atoms with van der Waals surface area (Å²) in [5.41, 5.74) is 4.95. The van der Waals surface area contributed by atoms with Gasteiger partial charge in [-0.25, -0.2) is 9.26 Å². The van der Waals surface area contributed by atoms with Crippen molar-refractivity contribution in [2.45, 2.75) is 13.8 Å². The zero-order valence-corrected chi connectivity index (χ0v) is 14.2. The number of nitrogens with zero attached hydrogens (tertiary/aromatic N) is 4. The summed E-state index contributed by atoms with van der Waals surface area (Å²) in [6, 6.07) is 16.6. The van der Waals surface area contributed by atoms with E-state index in [4.69, 9.17) is 9.26 Å². The van der Waals surface area contributed by atoms with Gasteiger partial charge in [0.25, 0.3) is 0 Å². The van der Waals surface area contributed by atoms with E-state index in [2.05, 4.69) is 51.0 Å². The van der Waals surface area contributed by atoms with Crippen LogP contribution in [0.5, 0.6) is 0 Å². The van der Waals surface area contributed by atoms with E-state index in [1.54, 1.807) is 0 Å². The van der Waals surface area contributed by atoms with E-state index >= 15 is 0 Å². The van der Waals surface area contributed by atoms with Crippen LogP contribution in [0.25, 0.3) is 44.1 Å². The van der Waals surface area contributed by atoms with Gasteiger partial charge in [-0.1, -0.05) is 46.7 Å². The first kappa shape index (κ1) is 14.8. The number of benzene rings is 3. The second-order valence-electron chi connectivity index (χ2n) is 6.31. The van der Waals surface area contributed by atoms with Gasteiger partial charge >= 0.3 is 0 Å². The Kier molecular flexibility index (Phi) is 3.12. The molecule has 2 heterocycles. The molecule has 2 aromatic heterocycles. The van der Waals surface area contributed by atoms with Crippen molar-refractivity contribution < 1.29 is 9.26 Å². The highest BCUT2D eigenvalue weighted by Gasteiger charge is 2.17. The Bertz CT molecular complexity index is 1270. The molecule has 0 saturated heterocycles. The van der Waals surface area contributed by atoms with Crippen LogP contribution in [0.15, 0.2) is 57.8 Å². The Balaban J connectivity index is 1.92. The van der Waals surface area contributed by atoms with Crippen LogP contribution in [0.2, 0.25) is 0 Å². The van der Waals surface area contributed by atoms with Gasteiger partial charge in [-0.3, -0.25) is 0 Å². The standard InChI is InChI=1S/C20H14N4O2/c1-11-19(23-25-21-11)15-8-7-14-9-13-5-3-4-6-16(13)18(17(14)10-15)20-12(2)22-26-24-20/h3-10H,1-2H3. The molecule has 0 spiro atoms. The number of aromatic nitrogens is 4. The molecule has 26 heavy (non-hydrogen) atoms. The number of rotatable bonds is 2. The van der Waals surface area contributed by atoms with E-state index in [0.717, 1.165) is 55.4 Å². The Hall–Kier alpha value is -3.54. The zero-order valence-electron chi connectivity index (χ0n) is 14.2. The average Bonchev–Trinajstić information content (AvgIpc) is 3.27. The third-order valence-electron chi connectivity index (χ3n) is 4.68. The van der Waals surface area contributed by atoms with Crippen LogP contribution in [0.3, 0.4) is 0 Å². The number of hydrogen-bond acceptors (Lipinski definition) is 6. The van der Waals surface area contributed by atoms with Crippen molar-refractivity contribution in [1.82, 2.24) is 20.6 Å². The van der Waals surface area contributed by atoms with E-state index in [-0.39, 0.29) is 0 Å². The van der Waals surface area contributed by atoms with Crippen LogP contribution in [0, 0.1) is 13.8 Å². The fourth-order valence-corrected chi connectivity index (χ4v) is 3.42. The first-order chi connectivity index (χ1) is 12.7. The molecule has 0 atom stereocenters. The molecule has 0 fully saturated rings. The highest BCUT2D eigenvalue weighted by molar-refractivity contribution is 6.13. The van der Waals surface area contributed by atoms with E-state index in [9.17, 15) is 0 Å². The van der Waals surface area contributed by atoms with E-state index in [1.807, 2.05) is 32.0 Å². The molecule has 0 aliphatic rings. The molecular formula is C20H14N4O2. The van der Waals surface area contributed by atoms with Crippen molar-refractivity contribution in [2.24, 2.45) is 0 Å². The summed E-state index contributed by atoms with van der Waals surface area (Å²) in [4.78, 5) is 0. The summed E-state index contributed by atoms with van der Waals surface area (Å²) < 4.78 is 9.85. The topological polar surface area (TPSA) is 77.8 Å². The fraction of sp³-hybridized carbons (Fsp3) is 0.100. The molecule has 0 bridgehead atoms. The maximum atomic E-state index is 4.98. The summed E-state index contributed by atoms with van der Waals surface area (Å²) in [6.07, 6.45) is 0. The van der Waals surface area contributed by atoms with Gasteiger partial charge in [0.05, 0.1) is 0 Å². The van der Waals surface area contributed by atoms with Crippen LogP contribution >= 0.6 is 0 Å². The van der Waals surface area contributed by atoms with Crippen LogP contribution in [0.1, 0.15) is 11.4 Å². The zero-order chi connectivity index (χ0) is 17.7. The predicted octanol–water partition coefficient (Wildman–Crippen LogP) is 4.71. The van der Waals surface area contributed by atoms with Gasteiger partial charge < -0.3 is 0 Å². The van der Waals surface area contributed by atoms with E-state index < -0.39 is 0 Å². The highest BCUT2D eigenvalue weighted by Crippen LogP contribution is 2.38. The number of fused-ring (bicyclic) bond motifs is 2. The molecule has 126 valence electrons. The monoisotopic (exact) mass is 342 g/mol. The third-order valence-corrected chi connectivity index (χ3v) is 4.68. The minimum Gasteiger partial charge on any atom is -0.244 e. The molecule has 5 aromatic rings. The molecule has 0 N–H and O–H groups in total. The van der Waals surface area contributed by atoms with Gasteiger partial charge in [-0.05, 0) is 57.8 Å². The Morgan fingerprint density at radius 2 is 1.35 bits per heavy atom. The molecule has 0 aliphatic heterocycles. The molecule has 0 saturated carbocycles.